The summed E-state index contributed by atoms with van der Waals surface area (Å²) < 4.78 is 18.4. The van der Waals surface area contributed by atoms with Gasteiger partial charge in [0.2, 0.25) is 0 Å². The minimum absolute atomic E-state index is 0.157. The first kappa shape index (κ1) is 28.1. The van der Waals surface area contributed by atoms with Gasteiger partial charge in [0.15, 0.2) is 5.16 Å². The van der Waals surface area contributed by atoms with Gasteiger partial charge in [-0.1, -0.05) is 55.6 Å². The molecule has 0 radical (unpaired) electrons. The van der Waals surface area contributed by atoms with Gasteiger partial charge in [-0.3, -0.25) is 9.55 Å². The number of hydrogen-bond acceptors (Lipinski definition) is 5. The summed E-state index contributed by atoms with van der Waals surface area (Å²) in [5.74, 6) is -0.289. The third-order valence-electron chi connectivity index (χ3n) is 7.37. The first-order chi connectivity index (χ1) is 18.6. The van der Waals surface area contributed by atoms with E-state index in [-0.39, 0.29) is 11.9 Å². The van der Waals surface area contributed by atoms with Gasteiger partial charge in [0.1, 0.15) is 5.82 Å². The number of pyridine rings is 1. The van der Waals surface area contributed by atoms with E-state index < -0.39 is 11.5 Å². The van der Waals surface area contributed by atoms with Gasteiger partial charge < -0.3 is 5.11 Å². The summed E-state index contributed by atoms with van der Waals surface area (Å²) in [6.45, 7) is 6.86. The first-order valence-corrected chi connectivity index (χ1v) is 14.6. The van der Waals surface area contributed by atoms with Gasteiger partial charge in [-0.15, -0.1) is 0 Å². The van der Waals surface area contributed by atoms with Gasteiger partial charge in [-0.05, 0) is 85.3 Å². The second kappa shape index (κ2) is 11.6. The summed E-state index contributed by atoms with van der Waals surface area (Å²) >= 11 is 14.2. The highest BCUT2D eigenvalue weighted by Gasteiger charge is 2.32. The number of nitrogens with zero attached hydrogens (tertiary/aromatic N) is 4. The highest BCUT2D eigenvalue weighted by atomic mass is 35.5. The highest BCUT2D eigenvalue weighted by Crippen LogP contribution is 2.42. The van der Waals surface area contributed by atoms with Crippen LogP contribution in [0.4, 0.5) is 4.39 Å². The molecule has 0 amide bonds. The Hall–Kier alpha value is -2.42. The molecule has 9 heteroatoms. The molecule has 1 saturated heterocycles. The Morgan fingerprint density at radius 1 is 1.00 bits per heavy atom. The third-order valence-corrected chi connectivity index (χ3v) is 9.23. The summed E-state index contributed by atoms with van der Waals surface area (Å²) in [4.78, 5) is 9.38. The van der Waals surface area contributed by atoms with Crippen molar-refractivity contribution in [1.82, 2.24) is 18.8 Å². The monoisotopic (exact) mass is 584 g/mol. The number of hydrogen-bond donors (Lipinski definition) is 1. The van der Waals surface area contributed by atoms with E-state index in [9.17, 15) is 9.50 Å². The van der Waals surface area contributed by atoms with Crippen molar-refractivity contribution < 1.29 is 9.50 Å². The number of aliphatic hydroxyl groups is 1. The zero-order valence-corrected chi connectivity index (χ0v) is 24.4. The molecule has 4 aromatic rings. The molecular weight excluding hydrogens is 554 g/mol. The van der Waals surface area contributed by atoms with Crippen LogP contribution in [0.25, 0.3) is 5.69 Å². The number of imidazole rings is 1. The molecule has 2 atom stereocenters. The van der Waals surface area contributed by atoms with Crippen LogP contribution in [0.3, 0.4) is 0 Å². The van der Waals surface area contributed by atoms with Crippen LogP contribution in [0.1, 0.15) is 74.7 Å². The molecule has 0 spiro atoms. The van der Waals surface area contributed by atoms with Crippen LogP contribution in [-0.2, 0) is 5.41 Å². The summed E-state index contributed by atoms with van der Waals surface area (Å²) in [7, 11) is 0. The van der Waals surface area contributed by atoms with Gasteiger partial charge in [0.25, 0.3) is 0 Å². The summed E-state index contributed by atoms with van der Waals surface area (Å²) in [5, 5.41) is 11.7. The minimum atomic E-state index is -0.601. The van der Waals surface area contributed by atoms with Crippen LogP contribution in [0, 0.1) is 5.82 Å². The van der Waals surface area contributed by atoms with E-state index in [1.807, 2.05) is 36.7 Å². The maximum atomic E-state index is 13.9. The van der Waals surface area contributed by atoms with Crippen molar-refractivity contribution in [3.63, 3.8) is 0 Å². The van der Waals surface area contributed by atoms with E-state index in [0.29, 0.717) is 15.7 Å². The van der Waals surface area contributed by atoms with Crippen LogP contribution >= 0.6 is 35.1 Å². The lowest BCUT2D eigenvalue weighted by molar-refractivity contribution is 0.194. The fourth-order valence-electron chi connectivity index (χ4n) is 5.03. The Morgan fingerprint density at radius 2 is 1.77 bits per heavy atom. The zero-order valence-electron chi connectivity index (χ0n) is 22.1. The van der Waals surface area contributed by atoms with E-state index >= 15 is 0 Å². The van der Waals surface area contributed by atoms with Gasteiger partial charge >= 0.3 is 0 Å². The predicted molar refractivity (Wildman–Crippen MR) is 156 cm³/mol. The Bertz CT molecular complexity index is 1440. The van der Waals surface area contributed by atoms with E-state index in [2.05, 4.69) is 33.8 Å². The number of piperidine rings is 1. The second-order valence-corrected chi connectivity index (χ2v) is 12.3. The lowest BCUT2D eigenvalue weighted by Crippen LogP contribution is -2.28. The molecule has 5 nitrogen and oxygen atoms in total. The predicted octanol–water partition coefficient (Wildman–Crippen LogP) is 8.33. The molecule has 0 aliphatic carbocycles. The Kier molecular flexibility index (Phi) is 8.36. The number of aromatic nitrogens is 3. The number of halogens is 3. The second-order valence-electron chi connectivity index (χ2n) is 10.4. The normalized spacial score (nSPS) is 17.4. The molecule has 3 heterocycles. The molecule has 1 N–H and O–H groups in total. The molecule has 1 aliphatic rings. The van der Waals surface area contributed by atoms with Crippen LogP contribution in [0.2, 0.25) is 10.0 Å². The average molecular weight is 586 g/mol. The van der Waals surface area contributed by atoms with Crippen molar-refractivity contribution in [2.45, 2.75) is 62.8 Å². The topological polar surface area (TPSA) is 54.2 Å². The highest BCUT2D eigenvalue weighted by molar-refractivity contribution is 7.96. The lowest BCUT2D eigenvalue weighted by Gasteiger charge is -2.35. The maximum absolute atomic E-state index is 13.9. The molecule has 2 aromatic carbocycles. The van der Waals surface area contributed by atoms with E-state index in [4.69, 9.17) is 28.2 Å². The summed E-state index contributed by atoms with van der Waals surface area (Å²) in [5.41, 5.74) is 4.08. The van der Waals surface area contributed by atoms with Crippen LogP contribution in [0.5, 0.6) is 0 Å². The molecule has 2 unspecified atom stereocenters. The van der Waals surface area contributed by atoms with Crippen molar-refractivity contribution in [3.8, 4) is 5.69 Å². The molecule has 0 bridgehead atoms. The van der Waals surface area contributed by atoms with E-state index in [1.165, 1.54) is 12.1 Å². The minimum Gasteiger partial charge on any atom is -0.387 e. The summed E-state index contributed by atoms with van der Waals surface area (Å²) in [6.07, 6.45) is 6.38. The molecular formula is C30H31Cl2FN4OS. The molecule has 5 rings (SSSR count). The van der Waals surface area contributed by atoms with Crippen LogP contribution in [0.15, 0.2) is 72.1 Å². The van der Waals surface area contributed by atoms with Crippen molar-refractivity contribution in [1.29, 1.82) is 0 Å². The van der Waals surface area contributed by atoms with Gasteiger partial charge in [-0.2, -0.15) is 0 Å². The number of benzene rings is 2. The summed E-state index contributed by atoms with van der Waals surface area (Å²) in [6, 6.07) is 16.3. The third kappa shape index (κ3) is 5.88. The standard InChI is InChI=1S/C30H31Cl2FN4OS/c1-19(38)26-14-7-20(17-34-26)27-6-4-5-15-36(27)39-29-35-18-28(37(29)23-11-9-22(33)10-12-23)30(2,3)21-8-13-24(31)25(32)16-21/h7-14,16-19,27,38H,4-6,15H2,1-3H3. The fourth-order valence-corrected chi connectivity index (χ4v) is 6.49. The first-order valence-electron chi connectivity index (χ1n) is 13.0. The van der Waals surface area contributed by atoms with Crippen molar-refractivity contribution in [3.05, 3.63) is 105 Å². The SMILES string of the molecule is CC(O)c1ccc(C2CCCCN2Sc2ncc(C(C)(C)c3ccc(Cl)c(Cl)c3)n2-c2ccc(F)cc2)cn1. The van der Waals surface area contributed by atoms with Crippen LogP contribution < -0.4 is 0 Å². The number of rotatable bonds is 7. The van der Waals surface area contributed by atoms with Crippen molar-refractivity contribution in [2.75, 3.05) is 6.54 Å². The molecule has 204 valence electrons. The zero-order chi connectivity index (χ0) is 27.7. The quantitative estimate of drug-likeness (QED) is 0.221. The molecule has 2 aromatic heterocycles. The van der Waals surface area contributed by atoms with Gasteiger partial charge in [0.05, 0.1) is 33.7 Å². The molecule has 39 heavy (non-hydrogen) atoms. The molecule has 1 fully saturated rings. The Morgan fingerprint density at radius 3 is 2.44 bits per heavy atom. The Labute approximate surface area is 243 Å². The van der Waals surface area contributed by atoms with Crippen molar-refractivity contribution in [2.24, 2.45) is 0 Å². The molecule has 0 saturated carbocycles. The fraction of sp³-hybridized carbons (Fsp3) is 0.333. The lowest BCUT2D eigenvalue weighted by atomic mass is 9.81. The van der Waals surface area contributed by atoms with Gasteiger partial charge in [0, 0.05) is 29.9 Å². The Balaban J connectivity index is 1.54. The van der Waals surface area contributed by atoms with E-state index in [1.54, 1.807) is 31.0 Å². The molecule has 1 aliphatic heterocycles. The van der Waals surface area contributed by atoms with Crippen molar-refractivity contribution >= 4 is 35.1 Å². The van der Waals surface area contributed by atoms with Crippen LogP contribution in [-0.4, -0.2) is 30.5 Å². The van der Waals surface area contributed by atoms with E-state index in [0.717, 1.165) is 53.5 Å². The average Bonchev–Trinajstić information content (AvgIpc) is 3.35. The largest absolute Gasteiger partial charge is 0.387 e. The van der Waals surface area contributed by atoms with Gasteiger partial charge in [-0.25, -0.2) is 13.7 Å². The smallest absolute Gasteiger partial charge is 0.188 e. The maximum Gasteiger partial charge on any atom is 0.188 e. The number of aliphatic hydroxyl groups excluding tert-OH is 1.